The largest absolute Gasteiger partial charge is 0.457 e. The maximum atomic E-state index is 13.8. The highest BCUT2D eigenvalue weighted by Crippen LogP contribution is 2.61. The molecule has 4 aliphatic rings. The van der Waals surface area contributed by atoms with Crippen molar-refractivity contribution in [2.24, 2.45) is 11.8 Å². The lowest BCUT2D eigenvalue weighted by molar-refractivity contribution is -0.157. The molecule has 0 radical (unpaired) electrons. The zero-order valence-electron chi connectivity index (χ0n) is 23.0. The summed E-state index contributed by atoms with van der Waals surface area (Å²) in [5.74, 6) is -4.37. The number of amides is 2. The fourth-order valence-electron chi connectivity index (χ4n) is 6.79. The van der Waals surface area contributed by atoms with Gasteiger partial charge in [0, 0.05) is 17.4 Å². The smallest absolute Gasteiger partial charge is 0.379 e. The van der Waals surface area contributed by atoms with Gasteiger partial charge in [-0.1, -0.05) is 48.5 Å². The van der Waals surface area contributed by atoms with Crippen LogP contribution in [-0.4, -0.2) is 47.1 Å². The van der Waals surface area contributed by atoms with Gasteiger partial charge >= 0.3 is 11.9 Å². The molecule has 1 fully saturated rings. The van der Waals surface area contributed by atoms with E-state index in [0.717, 1.165) is 27.2 Å². The third-order valence-corrected chi connectivity index (χ3v) is 8.67. The summed E-state index contributed by atoms with van der Waals surface area (Å²) in [5, 5.41) is 0. The summed E-state index contributed by atoms with van der Waals surface area (Å²) in [6.45, 7) is 0.865. The van der Waals surface area contributed by atoms with Crippen molar-refractivity contribution in [3.63, 3.8) is 0 Å². The Morgan fingerprint density at radius 2 is 1.30 bits per heavy atom. The molecule has 2 amide bonds. The van der Waals surface area contributed by atoms with Crippen molar-refractivity contribution in [3.8, 4) is 5.75 Å². The van der Waals surface area contributed by atoms with Crippen LogP contribution in [0, 0.1) is 11.8 Å². The van der Waals surface area contributed by atoms with Crippen LogP contribution in [-0.2, 0) is 19.1 Å². The van der Waals surface area contributed by atoms with Crippen molar-refractivity contribution in [1.82, 2.24) is 4.90 Å². The first-order valence-corrected chi connectivity index (χ1v) is 13.9. The minimum Gasteiger partial charge on any atom is -0.457 e. The molecule has 8 rings (SSSR count). The van der Waals surface area contributed by atoms with E-state index in [9.17, 15) is 24.0 Å². The average Bonchev–Trinajstić information content (AvgIpc) is 3.67. The topological polar surface area (TPSA) is 120 Å². The fourth-order valence-corrected chi connectivity index (χ4v) is 6.79. The SMILES string of the molecule is C[C@H](C(=O)OCC(=O)c1ccc(OC(=O)c2ccco2)cc1)N1C(=O)[C@@H]2C3c4ccccc4C(c4ccccc43)[C@H]2C1=O. The van der Waals surface area contributed by atoms with Gasteiger partial charge in [-0.25, -0.2) is 9.59 Å². The van der Waals surface area contributed by atoms with Crippen LogP contribution in [0.3, 0.4) is 0 Å². The van der Waals surface area contributed by atoms with Gasteiger partial charge in [0.15, 0.2) is 12.4 Å². The van der Waals surface area contributed by atoms with E-state index in [2.05, 4.69) is 0 Å². The van der Waals surface area contributed by atoms with Crippen LogP contribution in [0.1, 0.15) is 61.9 Å². The van der Waals surface area contributed by atoms with Gasteiger partial charge < -0.3 is 13.9 Å². The Balaban J connectivity index is 1.04. The van der Waals surface area contributed by atoms with Gasteiger partial charge in [0.1, 0.15) is 11.8 Å². The first-order valence-electron chi connectivity index (χ1n) is 13.9. The van der Waals surface area contributed by atoms with Crippen LogP contribution >= 0.6 is 0 Å². The molecule has 0 spiro atoms. The summed E-state index contributed by atoms with van der Waals surface area (Å²) in [7, 11) is 0. The number of esters is 2. The Hall–Kier alpha value is -5.31. The van der Waals surface area contributed by atoms with Crippen LogP contribution in [0.25, 0.3) is 0 Å². The standard InChI is InChI=1S/C34H25NO8/c1-18(33(39)42-17-25(36)19-12-14-20(15-13-19)43-34(40)26-11-6-16-41-26)35-31(37)29-27-21-7-2-3-8-22(21)28(30(29)32(35)38)24-10-5-4-9-23(24)27/h2-16,18,27-30H,17H2,1H3/t18-,27?,28?,29-,30-/m1/s1. The summed E-state index contributed by atoms with van der Waals surface area (Å²) >= 11 is 0. The second kappa shape index (κ2) is 10.2. The molecule has 214 valence electrons. The number of furan rings is 1. The van der Waals surface area contributed by atoms with E-state index >= 15 is 0 Å². The Bertz CT molecular complexity index is 1680. The van der Waals surface area contributed by atoms with Crippen molar-refractivity contribution in [1.29, 1.82) is 0 Å². The first-order chi connectivity index (χ1) is 20.8. The minimum absolute atomic E-state index is 0.0390. The molecular formula is C34H25NO8. The molecule has 9 nitrogen and oxygen atoms in total. The fraction of sp³-hybridized carbons (Fsp3) is 0.206. The van der Waals surface area contributed by atoms with Gasteiger partial charge in [0.2, 0.25) is 17.6 Å². The molecule has 0 unspecified atom stereocenters. The summed E-state index contributed by atoms with van der Waals surface area (Å²) < 4.78 is 15.5. The second-order valence-electron chi connectivity index (χ2n) is 10.9. The maximum Gasteiger partial charge on any atom is 0.379 e. The number of rotatable bonds is 7. The van der Waals surface area contributed by atoms with E-state index in [1.807, 2.05) is 48.5 Å². The summed E-state index contributed by atoms with van der Waals surface area (Å²) in [4.78, 5) is 66.6. The highest BCUT2D eigenvalue weighted by Gasteiger charge is 2.62. The predicted octanol–water partition coefficient (Wildman–Crippen LogP) is 4.51. The number of carbonyl (C=O) groups is 5. The predicted molar refractivity (Wildman–Crippen MR) is 150 cm³/mol. The number of nitrogens with zero attached hydrogens (tertiary/aromatic N) is 1. The Labute approximate surface area is 246 Å². The number of hydrogen-bond donors (Lipinski definition) is 0. The third-order valence-electron chi connectivity index (χ3n) is 8.67. The summed E-state index contributed by atoms with van der Waals surface area (Å²) in [6, 6.07) is 23.4. The quantitative estimate of drug-likeness (QED) is 0.137. The monoisotopic (exact) mass is 575 g/mol. The number of Topliss-reactive ketones (excluding diaryl/α,β-unsaturated/α-hetero) is 1. The molecule has 0 N–H and O–H groups in total. The maximum absolute atomic E-state index is 13.8. The van der Waals surface area contributed by atoms with E-state index in [0.29, 0.717) is 0 Å². The first kappa shape index (κ1) is 26.6. The second-order valence-corrected chi connectivity index (χ2v) is 10.9. The Morgan fingerprint density at radius 1 is 0.767 bits per heavy atom. The number of benzene rings is 3. The zero-order chi connectivity index (χ0) is 29.8. The van der Waals surface area contributed by atoms with Crippen molar-refractivity contribution < 1.29 is 37.9 Å². The van der Waals surface area contributed by atoms with Gasteiger partial charge in [-0.3, -0.25) is 19.3 Å². The van der Waals surface area contributed by atoms with Crippen molar-refractivity contribution in [2.45, 2.75) is 24.8 Å². The molecule has 4 aromatic rings. The lowest BCUT2D eigenvalue weighted by Crippen LogP contribution is -2.45. The number of ketones is 1. The number of hydrogen-bond acceptors (Lipinski definition) is 8. The molecule has 2 heterocycles. The molecule has 43 heavy (non-hydrogen) atoms. The Kier molecular flexibility index (Phi) is 6.30. The van der Waals surface area contributed by atoms with Crippen LogP contribution < -0.4 is 4.74 Å². The van der Waals surface area contributed by atoms with Gasteiger partial charge in [-0.2, -0.15) is 0 Å². The molecule has 3 aliphatic carbocycles. The van der Waals surface area contributed by atoms with Crippen LogP contribution in [0.2, 0.25) is 0 Å². The normalized spacial score (nSPS) is 21.9. The van der Waals surface area contributed by atoms with Gasteiger partial charge in [-0.15, -0.1) is 0 Å². The van der Waals surface area contributed by atoms with E-state index in [1.54, 1.807) is 6.07 Å². The van der Waals surface area contributed by atoms with E-state index in [4.69, 9.17) is 13.9 Å². The lowest BCUT2D eigenvalue weighted by Gasteiger charge is -2.45. The van der Waals surface area contributed by atoms with Crippen LogP contribution in [0.4, 0.5) is 0 Å². The zero-order valence-corrected chi connectivity index (χ0v) is 23.0. The molecule has 3 aromatic carbocycles. The van der Waals surface area contributed by atoms with Crippen LogP contribution in [0.15, 0.2) is 95.6 Å². The molecule has 1 aliphatic heterocycles. The number of likely N-dealkylation sites (tertiary alicyclic amines) is 1. The van der Waals surface area contributed by atoms with Crippen LogP contribution in [0.5, 0.6) is 5.75 Å². The third kappa shape index (κ3) is 4.19. The highest BCUT2D eigenvalue weighted by molar-refractivity contribution is 6.10. The van der Waals surface area contributed by atoms with Gasteiger partial charge in [-0.05, 0) is 65.6 Å². The molecule has 2 bridgehead atoms. The van der Waals surface area contributed by atoms with Gasteiger partial charge in [0.25, 0.3) is 0 Å². The molecule has 0 saturated carbocycles. The van der Waals surface area contributed by atoms with Crippen molar-refractivity contribution in [3.05, 3.63) is 125 Å². The number of imide groups is 1. The lowest BCUT2D eigenvalue weighted by atomic mass is 9.55. The molecule has 1 saturated heterocycles. The van der Waals surface area contributed by atoms with Crippen molar-refractivity contribution >= 4 is 29.5 Å². The summed E-state index contributed by atoms with van der Waals surface area (Å²) in [5.41, 5.74) is 4.39. The van der Waals surface area contributed by atoms with Gasteiger partial charge in [0.05, 0.1) is 18.1 Å². The summed E-state index contributed by atoms with van der Waals surface area (Å²) in [6.07, 6.45) is 1.35. The average molecular weight is 576 g/mol. The van der Waals surface area contributed by atoms with E-state index in [1.165, 1.54) is 43.5 Å². The highest BCUT2D eigenvalue weighted by atomic mass is 16.5. The molecule has 3 atom stereocenters. The molecule has 9 heteroatoms. The molecular weight excluding hydrogens is 550 g/mol. The van der Waals surface area contributed by atoms with E-state index < -0.39 is 54.0 Å². The van der Waals surface area contributed by atoms with E-state index in [-0.39, 0.29) is 28.9 Å². The number of ether oxygens (including phenoxy) is 2. The minimum atomic E-state index is -1.20. The Morgan fingerprint density at radius 3 is 1.79 bits per heavy atom. The molecule has 1 aromatic heterocycles. The number of carbonyl (C=O) groups excluding carboxylic acids is 5. The van der Waals surface area contributed by atoms with Crippen molar-refractivity contribution in [2.75, 3.05) is 6.61 Å².